The Labute approximate surface area is 341 Å². The molecule has 0 saturated carbocycles. The molecule has 6 rings (SSSR count). The Morgan fingerprint density at radius 2 is 1.45 bits per heavy atom. The number of thiazole rings is 2. The van der Waals surface area contributed by atoms with Crippen molar-refractivity contribution in [3.05, 3.63) is 78.7 Å². The highest BCUT2D eigenvalue weighted by Crippen LogP contribution is 2.32. The molecule has 306 valence electrons. The second-order valence-corrected chi connectivity index (χ2v) is 15.1. The number of nitrogens with zero attached hydrogens (tertiary/aromatic N) is 5. The SMILES string of the molecule is CC/C=C/Cn1c(NC(=O)c2sc(C)nc2CC)nc2cc(C(N)=O)cc(OCCCO)c21.CCc1nc(C)sc1C(=O)Nc1nc2c(OC)cc(C(N)=O)cc2[nH]1. The van der Waals surface area contributed by atoms with Crippen LogP contribution in [0.5, 0.6) is 11.5 Å². The van der Waals surface area contributed by atoms with Crippen molar-refractivity contribution in [3.63, 3.8) is 0 Å². The van der Waals surface area contributed by atoms with Crippen molar-refractivity contribution in [2.24, 2.45) is 11.5 Å². The van der Waals surface area contributed by atoms with Crippen LogP contribution >= 0.6 is 22.7 Å². The van der Waals surface area contributed by atoms with Crippen LogP contribution in [0, 0.1) is 13.8 Å². The van der Waals surface area contributed by atoms with Gasteiger partial charge < -0.3 is 35.6 Å². The Bertz CT molecular complexity index is 2500. The summed E-state index contributed by atoms with van der Waals surface area (Å²) in [5, 5.41) is 16.4. The van der Waals surface area contributed by atoms with Crippen LogP contribution in [0.4, 0.5) is 11.9 Å². The number of hydrogen-bond acceptors (Lipinski definition) is 13. The first-order valence-corrected chi connectivity index (χ1v) is 20.1. The molecule has 0 aliphatic rings. The molecular weight excluding hydrogens is 785 g/mol. The number of primary amides is 2. The number of H-pyrrole nitrogens is 1. The molecule has 4 amide bonds. The van der Waals surface area contributed by atoms with Crippen molar-refractivity contribution in [1.29, 1.82) is 0 Å². The van der Waals surface area contributed by atoms with Gasteiger partial charge in [-0.25, -0.2) is 19.9 Å². The molecule has 17 nitrogen and oxygen atoms in total. The van der Waals surface area contributed by atoms with E-state index in [2.05, 4.69) is 35.6 Å². The third-order valence-corrected chi connectivity index (χ3v) is 10.6. The standard InChI is InChI=1S/C23H29N5O4S.C16H17N5O3S/c1-4-6-7-9-28-19-17(12-15(21(24)30)13-18(19)32-11-8-10-29)26-23(28)27-22(31)20-16(5-2)25-14(3)33-20;1-4-9-13(25-7(2)18-9)15(23)21-16-19-10-5-8(14(17)22)6-11(24-3)12(10)20-16/h6-7,12-13,29H,4-5,8-11H2,1-3H3,(H2,24,30)(H,26,27,31);5-6H,4H2,1-3H3,(H2,17,22)(H2,19,20,21,23)/b7-6+;. The molecule has 4 aromatic heterocycles. The van der Waals surface area contributed by atoms with Gasteiger partial charge in [0.15, 0.2) is 0 Å². The molecule has 2 aromatic carbocycles. The van der Waals surface area contributed by atoms with E-state index in [4.69, 9.17) is 26.0 Å². The highest BCUT2D eigenvalue weighted by atomic mass is 32.1. The molecule has 8 N–H and O–H groups in total. The van der Waals surface area contributed by atoms with Gasteiger partial charge in [-0.1, -0.05) is 32.9 Å². The number of hydrogen-bond donors (Lipinski definition) is 6. The third-order valence-electron chi connectivity index (χ3n) is 8.55. The number of aliphatic hydroxyl groups excluding tert-OH is 1. The number of benzene rings is 2. The molecule has 4 heterocycles. The first-order valence-electron chi connectivity index (χ1n) is 18.5. The minimum absolute atomic E-state index is 0.0213. The number of aromatic nitrogens is 6. The van der Waals surface area contributed by atoms with Crippen LogP contribution in [0.1, 0.15) is 95.1 Å². The number of nitrogens with two attached hydrogens (primary N) is 2. The molecule has 0 aliphatic heterocycles. The number of rotatable bonds is 16. The van der Waals surface area contributed by atoms with E-state index in [9.17, 15) is 19.2 Å². The van der Waals surface area contributed by atoms with Crippen LogP contribution < -0.4 is 31.6 Å². The summed E-state index contributed by atoms with van der Waals surface area (Å²) in [6.45, 7) is 10.3. The van der Waals surface area contributed by atoms with E-state index in [-0.39, 0.29) is 42.1 Å². The van der Waals surface area contributed by atoms with Crippen molar-refractivity contribution >= 4 is 80.3 Å². The Morgan fingerprint density at radius 1 is 0.845 bits per heavy atom. The molecule has 0 atom stereocenters. The number of ether oxygens (including phenoxy) is 2. The Hall–Kier alpha value is -6.18. The number of amides is 4. The number of anilines is 2. The van der Waals surface area contributed by atoms with Crippen molar-refractivity contribution in [2.45, 2.75) is 66.8 Å². The van der Waals surface area contributed by atoms with Crippen LogP contribution in [0.3, 0.4) is 0 Å². The van der Waals surface area contributed by atoms with E-state index in [1.807, 2.05) is 51.3 Å². The molecule has 0 radical (unpaired) electrons. The van der Waals surface area contributed by atoms with Gasteiger partial charge >= 0.3 is 0 Å². The molecule has 0 aliphatic carbocycles. The average molecular weight is 831 g/mol. The smallest absolute Gasteiger partial charge is 0.269 e. The Morgan fingerprint density at radius 3 is 2.02 bits per heavy atom. The quantitative estimate of drug-likeness (QED) is 0.0510. The van der Waals surface area contributed by atoms with Crippen LogP contribution in [-0.2, 0) is 19.4 Å². The van der Waals surface area contributed by atoms with E-state index in [0.717, 1.165) is 27.8 Å². The summed E-state index contributed by atoms with van der Waals surface area (Å²) in [6, 6.07) is 6.23. The molecule has 6 aromatic rings. The molecule has 0 fully saturated rings. The predicted octanol–water partition coefficient (Wildman–Crippen LogP) is 5.69. The maximum absolute atomic E-state index is 13.1. The minimum Gasteiger partial charge on any atom is -0.494 e. The fourth-order valence-electron chi connectivity index (χ4n) is 5.89. The van der Waals surface area contributed by atoms with Gasteiger partial charge in [0.1, 0.15) is 32.3 Å². The van der Waals surface area contributed by atoms with Gasteiger partial charge in [0.05, 0.1) is 46.2 Å². The van der Waals surface area contributed by atoms with Crippen molar-refractivity contribution in [1.82, 2.24) is 29.5 Å². The second-order valence-electron chi connectivity index (χ2n) is 12.7. The zero-order chi connectivity index (χ0) is 42.1. The topological polar surface area (TPSA) is 255 Å². The monoisotopic (exact) mass is 830 g/mol. The van der Waals surface area contributed by atoms with E-state index < -0.39 is 11.8 Å². The van der Waals surface area contributed by atoms with Gasteiger partial charge in [-0.05, 0) is 57.4 Å². The average Bonchev–Trinajstić information content (AvgIpc) is 3.98. The molecule has 0 saturated heterocycles. The third kappa shape index (κ3) is 9.85. The molecule has 0 unspecified atom stereocenters. The maximum Gasteiger partial charge on any atom is 0.269 e. The number of imidazole rings is 2. The van der Waals surface area contributed by atoms with Crippen molar-refractivity contribution in [2.75, 3.05) is 31.0 Å². The minimum atomic E-state index is -0.609. The number of nitrogens with one attached hydrogen (secondary N) is 3. The number of methoxy groups -OCH3 is 1. The van der Waals surface area contributed by atoms with Crippen LogP contribution in [0.2, 0.25) is 0 Å². The number of aliphatic hydroxyl groups is 1. The van der Waals surface area contributed by atoms with Crippen LogP contribution in [-0.4, -0.2) is 78.5 Å². The van der Waals surface area contributed by atoms with E-state index in [0.29, 0.717) is 75.1 Å². The van der Waals surface area contributed by atoms with Crippen LogP contribution in [0.25, 0.3) is 22.1 Å². The fourth-order valence-corrected chi connectivity index (χ4v) is 7.69. The zero-order valence-electron chi connectivity index (χ0n) is 33.0. The van der Waals surface area contributed by atoms with E-state index >= 15 is 0 Å². The second kappa shape index (κ2) is 19.3. The molecule has 19 heteroatoms. The van der Waals surface area contributed by atoms with Gasteiger partial charge in [0.25, 0.3) is 11.8 Å². The van der Waals surface area contributed by atoms with Crippen molar-refractivity contribution < 1.29 is 33.8 Å². The lowest BCUT2D eigenvalue weighted by Crippen LogP contribution is -2.16. The van der Waals surface area contributed by atoms with Gasteiger partial charge in [0, 0.05) is 30.7 Å². The Kier molecular flexibility index (Phi) is 14.3. The number of carbonyl (C=O) groups excluding carboxylic acids is 4. The summed E-state index contributed by atoms with van der Waals surface area (Å²) in [5.41, 5.74) is 15.0. The lowest BCUT2D eigenvalue weighted by atomic mass is 10.1. The van der Waals surface area contributed by atoms with E-state index in [1.165, 1.54) is 35.8 Å². The van der Waals surface area contributed by atoms with E-state index in [1.54, 1.807) is 18.2 Å². The number of aryl methyl sites for hydroxylation is 4. The van der Waals surface area contributed by atoms with Crippen molar-refractivity contribution in [3.8, 4) is 11.5 Å². The number of carbonyl (C=O) groups is 4. The molecule has 0 spiro atoms. The number of aromatic amines is 1. The molecular formula is C39H46N10O7S2. The normalized spacial score (nSPS) is 11.2. The fraction of sp³-hybridized carbons (Fsp3) is 0.333. The largest absolute Gasteiger partial charge is 0.494 e. The lowest BCUT2D eigenvalue weighted by molar-refractivity contribution is 0.0991. The highest BCUT2D eigenvalue weighted by Gasteiger charge is 2.23. The maximum atomic E-state index is 13.1. The highest BCUT2D eigenvalue weighted by molar-refractivity contribution is 7.14. The van der Waals surface area contributed by atoms with Gasteiger partial charge in [-0.3, -0.25) is 29.8 Å². The van der Waals surface area contributed by atoms with Gasteiger partial charge in [0.2, 0.25) is 23.7 Å². The summed E-state index contributed by atoms with van der Waals surface area (Å²) in [4.78, 5) is 70.7. The summed E-state index contributed by atoms with van der Waals surface area (Å²) < 4.78 is 12.9. The molecule has 0 bridgehead atoms. The first-order chi connectivity index (χ1) is 27.8. The summed E-state index contributed by atoms with van der Waals surface area (Å²) in [7, 11) is 1.47. The summed E-state index contributed by atoms with van der Waals surface area (Å²) in [5.74, 6) is -0.357. The summed E-state index contributed by atoms with van der Waals surface area (Å²) in [6.07, 6.45) is 6.60. The van der Waals surface area contributed by atoms with Crippen LogP contribution in [0.15, 0.2) is 36.4 Å². The predicted molar refractivity (Wildman–Crippen MR) is 224 cm³/mol. The Balaban J connectivity index is 0.000000229. The summed E-state index contributed by atoms with van der Waals surface area (Å²) >= 11 is 2.68. The lowest BCUT2D eigenvalue weighted by Gasteiger charge is -2.12. The number of allylic oxidation sites excluding steroid dienone is 2. The number of fused-ring (bicyclic) bond motifs is 2. The van der Waals surface area contributed by atoms with Gasteiger partial charge in [-0.2, -0.15) is 0 Å². The van der Waals surface area contributed by atoms with Gasteiger partial charge in [-0.15, -0.1) is 22.7 Å². The first kappa shape index (κ1) is 43.0. The molecule has 58 heavy (non-hydrogen) atoms. The zero-order valence-corrected chi connectivity index (χ0v) is 34.7.